The van der Waals surface area contributed by atoms with Gasteiger partial charge in [0.25, 0.3) is 0 Å². The van der Waals surface area contributed by atoms with Crippen molar-refractivity contribution in [2.45, 2.75) is 40.0 Å². The van der Waals surface area contributed by atoms with Gasteiger partial charge in [-0.2, -0.15) is 0 Å². The van der Waals surface area contributed by atoms with E-state index in [9.17, 15) is 4.79 Å². The number of carbonyl (C=O) groups excluding carboxylic acids is 1. The molecule has 0 radical (unpaired) electrons. The SMILES string of the molecule is C=CN1CCN(C(=O)/C=C/C2=C(C)CCCC2(C)C)CC1. The highest BCUT2D eigenvalue weighted by Crippen LogP contribution is 2.40. The van der Waals surface area contributed by atoms with Crippen molar-refractivity contribution in [3.63, 3.8) is 0 Å². The molecule has 0 spiro atoms. The molecule has 3 heteroatoms. The minimum atomic E-state index is 0.139. The second-order valence-electron chi connectivity index (χ2n) is 6.81. The van der Waals surface area contributed by atoms with Gasteiger partial charge in [-0.1, -0.05) is 32.1 Å². The molecule has 1 saturated heterocycles. The molecular formula is C18H28N2O. The maximum absolute atomic E-state index is 12.3. The summed E-state index contributed by atoms with van der Waals surface area (Å²) in [6, 6.07) is 0. The molecule has 0 atom stereocenters. The van der Waals surface area contributed by atoms with Gasteiger partial charge in [0.1, 0.15) is 0 Å². The zero-order valence-electron chi connectivity index (χ0n) is 13.7. The summed E-state index contributed by atoms with van der Waals surface area (Å²) in [6.45, 7) is 13.9. The van der Waals surface area contributed by atoms with E-state index < -0.39 is 0 Å². The smallest absolute Gasteiger partial charge is 0.246 e. The maximum atomic E-state index is 12.3. The van der Waals surface area contributed by atoms with Gasteiger partial charge in [0.2, 0.25) is 5.91 Å². The number of nitrogens with zero attached hydrogens (tertiary/aromatic N) is 2. The molecule has 1 aliphatic carbocycles. The highest BCUT2D eigenvalue weighted by Gasteiger charge is 2.27. The lowest BCUT2D eigenvalue weighted by Crippen LogP contribution is -2.46. The lowest BCUT2D eigenvalue weighted by atomic mass is 9.72. The summed E-state index contributed by atoms with van der Waals surface area (Å²) in [5, 5.41) is 0. The number of rotatable bonds is 3. The Morgan fingerprint density at radius 2 is 1.90 bits per heavy atom. The van der Waals surface area contributed by atoms with Crippen LogP contribution in [0.5, 0.6) is 0 Å². The second kappa shape index (κ2) is 6.50. The highest BCUT2D eigenvalue weighted by atomic mass is 16.2. The van der Waals surface area contributed by atoms with Gasteiger partial charge in [0.05, 0.1) is 0 Å². The lowest BCUT2D eigenvalue weighted by molar-refractivity contribution is -0.127. The van der Waals surface area contributed by atoms with Crippen molar-refractivity contribution in [3.05, 3.63) is 36.1 Å². The van der Waals surface area contributed by atoms with Gasteiger partial charge in [0, 0.05) is 32.3 Å². The van der Waals surface area contributed by atoms with E-state index in [0.717, 1.165) is 32.6 Å². The third kappa shape index (κ3) is 3.78. The molecule has 1 amide bonds. The number of amides is 1. The summed E-state index contributed by atoms with van der Waals surface area (Å²) < 4.78 is 0. The Morgan fingerprint density at radius 1 is 1.24 bits per heavy atom. The molecule has 0 aromatic rings. The van der Waals surface area contributed by atoms with Gasteiger partial charge in [-0.25, -0.2) is 0 Å². The maximum Gasteiger partial charge on any atom is 0.246 e. The van der Waals surface area contributed by atoms with E-state index in [1.807, 2.05) is 11.1 Å². The summed E-state index contributed by atoms with van der Waals surface area (Å²) in [4.78, 5) is 16.4. The Bertz CT molecular complexity index is 466. The van der Waals surface area contributed by atoms with E-state index in [-0.39, 0.29) is 11.3 Å². The van der Waals surface area contributed by atoms with Gasteiger partial charge in [0.15, 0.2) is 0 Å². The van der Waals surface area contributed by atoms with Crippen molar-refractivity contribution in [1.82, 2.24) is 9.80 Å². The first-order valence-electron chi connectivity index (χ1n) is 7.98. The van der Waals surface area contributed by atoms with Crippen molar-refractivity contribution >= 4 is 5.91 Å². The molecule has 1 fully saturated rings. The van der Waals surface area contributed by atoms with Crippen LogP contribution < -0.4 is 0 Å². The summed E-state index contributed by atoms with van der Waals surface area (Å²) in [7, 11) is 0. The van der Waals surface area contributed by atoms with Crippen molar-refractivity contribution in [2.75, 3.05) is 26.2 Å². The van der Waals surface area contributed by atoms with E-state index in [1.165, 1.54) is 24.0 Å². The molecule has 0 N–H and O–H groups in total. The molecule has 2 aliphatic rings. The molecule has 1 aliphatic heterocycles. The van der Waals surface area contributed by atoms with Crippen molar-refractivity contribution < 1.29 is 4.79 Å². The molecule has 0 unspecified atom stereocenters. The van der Waals surface area contributed by atoms with E-state index in [4.69, 9.17) is 0 Å². The minimum absolute atomic E-state index is 0.139. The van der Waals surface area contributed by atoms with Crippen LogP contribution in [0.15, 0.2) is 36.1 Å². The first-order chi connectivity index (χ1) is 9.94. The molecule has 0 aromatic carbocycles. The predicted octanol–water partition coefficient (Wildman–Crippen LogP) is 3.36. The third-order valence-corrected chi connectivity index (χ3v) is 4.82. The van der Waals surface area contributed by atoms with Crippen LogP contribution in [-0.4, -0.2) is 41.9 Å². The first-order valence-corrected chi connectivity index (χ1v) is 7.98. The molecule has 21 heavy (non-hydrogen) atoms. The molecule has 1 heterocycles. The molecule has 3 nitrogen and oxygen atoms in total. The number of allylic oxidation sites excluding steroid dienone is 3. The van der Waals surface area contributed by atoms with Crippen LogP contribution in [0.2, 0.25) is 0 Å². The predicted molar refractivity (Wildman–Crippen MR) is 87.8 cm³/mol. The second-order valence-corrected chi connectivity index (χ2v) is 6.81. The quantitative estimate of drug-likeness (QED) is 0.744. The number of hydrogen-bond donors (Lipinski definition) is 0. The standard InChI is InChI=1S/C18H28N2O/c1-5-19-11-13-20(14-12-19)17(21)9-8-16-15(2)7-6-10-18(16,3)4/h5,8-9H,1,6-7,10-14H2,2-4H3/b9-8+. The fraction of sp³-hybridized carbons (Fsp3) is 0.611. The van der Waals surface area contributed by atoms with Gasteiger partial charge < -0.3 is 9.80 Å². The van der Waals surface area contributed by atoms with Crippen LogP contribution in [0.25, 0.3) is 0 Å². The molecule has 0 bridgehead atoms. The number of hydrogen-bond acceptors (Lipinski definition) is 2. The van der Waals surface area contributed by atoms with Gasteiger partial charge in [-0.05, 0) is 43.4 Å². The Morgan fingerprint density at radius 3 is 2.48 bits per heavy atom. The Labute approximate surface area is 129 Å². The lowest BCUT2D eigenvalue weighted by Gasteiger charge is -2.34. The largest absolute Gasteiger partial charge is 0.374 e. The van der Waals surface area contributed by atoms with Gasteiger partial charge in [-0.3, -0.25) is 4.79 Å². The molecule has 116 valence electrons. The van der Waals surface area contributed by atoms with Crippen LogP contribution in [0.1, 0.15) is 40.0 Å². The van der Waals surface area contributed by atoms with E-state index in [2.05, 4.69) is 38.3 Å². The van der Waals surface area contributed by atoms with E-state index >= 15 is 0 Å². The molecule has 0 aromatic heterocycles. The topological polar surface area (TPSA) is 23.6 Å². The van der Waals surface area contributed by atoms with Crippen molar-refractivity contribution in [3.8, 4) is 0 Å². The number of carbonyl (C=O) groups is 1. The van der Waals surface area contributed by atoms with Crippen molar-refractivity contribution in [1.29, 1.82) is 0 Å². The van der Waals surface area contributed by atoms with Crippen molar-refractivity contribution in [2.24, 2.45) is 5.41 Å². The third-order valence-electron chi connectivity index (χ3n) is 4.82. The van der Waals surface area contributed by atoms with Gasteiger partial charge in [-0.15, -0.1) is 0 Å². The van der Waals surface area contributed by atoms with Gasteiger partial charge >= 0.3 is 0 Å². The molecular weight excluding hydrogens is 260 g/mol. The normalized spacial score (nSPS) is 22.8. The zero-order valence-corrected chi connectivity index (χ0v) is 13.7. The fourth-order valence-electron chi connectivity index (χ4n) is 3.40. The Balaban J connectivity index is 2.00. The van der Waals surface area contributed by atoms with Crippen LogP contribution in [0, 0.1) is 5.41 Å². The molecule has 2 rings (SSSR count). The first kappa shape index (κ1) is 15.9. The zero-order chi connectivity index (χ0) is 15.5. The monoisotopic (exact) mass is 288 g/mol. The minimum Gasteiger partial charge on any atom is -0.374 e. The fourth-order valence-corrected chi connectivity index (χ4v) is 3.40. The highest BCUT2D eigenvalue weighted by molar-refractivity contribution is 5.88. The van der Waals surface area contributed by atoms with E-state index in [0.29, 0.717) is 0 Å². The Kier molecular flexibility index (Phi) is 4.92. The van der Waals surface area contributed by atoms with E-state index in [1.54, 1.807) is 6.08 Å². The summed E-state index contributed by atoms with van der Waals surface area (Å²) in [6.07, 6.45) is 9.32. The summed E-state index contributed by atoms with van der Waals surface area (Å²) in [5.41, 5.74) is 2.99. The molecule has 0 saturated carbocycles. The average molecular weight is 288 g/mol. The number of piperazine rings is 1. The summed E-state index contributed by atoms with van der Waals surface area (Å²) >= 11 is 0. The average Bonchev–Trinajstić information content (AvgIpc) is 2.46. The summed E-state index contributed by atoms with van der Waals surface area (Å²) in [5.74, 6) is 0.139. The van der Waals surface area contributed by atoms with Crippen LogP contribution in [0.4, 0.5) is 0 Å². The van der Waals surface area contributed by atoms with Crippen LogP contribution >= 0.6 is 0 Å². The van der Waals surface area contributed by atoms with Crippen LogP contribution in [-0.2, 0) is 4.79 Å². The van der Waals surface area contributed by atoms with Crippen LogP contribution in [0.3, 0.4) is 0 Å². The Hall–Kier alpha value is -1.51.